The summed E-state index contributed by atoms with van der Waals surface area (Å²) in [4.78, 5) is 23.3. The number of carboxylic acids is 1. The molecule has 2 aromatic carbocycles. The number of fused-ring (bicyclic) bond motifs is 1. The molecule has 0 radical (unpaired) electrons. The molecule has 0 spiro atoms. The van der Waals surface area contributed by atoms with E-state index in [2.05, 4.69) is 0 Å². The van der Waals surface area contributed by atoms with E-state index in [1.807, 2.05) is 19.1 Å². The molecular formula is C15H14O4. The largest absolute Gasteiger partial charge is 0.478 e. The van der Waals surface area contributed by atoms with Gasteiger partial charge in [0.05, 0.1) is 17.7 Å². The van der Waals surface area contributed by atoms with Crippen LogP contribution in [0.2, 0.25) is 0 Å². The van der Waals surface area contributed by atoms with Crippen molar-refractivity contribution in [3.8, 4) is 0 Å². The second-order valence-electron chi connectivity index (χ2n) is 4.15. The van der Waals surface area contributed by atoms with E-state index in [4.69, 9.17) is 4.74 Å². The highest BCUT2D eigenvalue weighted by molar-refractivity contribution is 6.12. The van der Waals surface area contributed by atoms with Crippen LogP contribution in [-0.2, 0) is 4.74 Å². The van der Waals surface area contributed by atoms with E-state index in [-0.39, 0.29) is 17.7 Å². The topological polar surface area (TPSA) is 63.6 Å². The summed E-state index contributed by atoms with van der Waals surface area (Å²) in [6.45, 7) is 2.16. The first kappa shape index (κ1) is 13.1. The van der Waals surface area contributed by atoms with Crippen LogP contribution < -0.4 is 0 Å². The number of carbonyl (C=O) groups is 2. The minimum atomic E-state index is -1.13. The summed E-state index contributed by atoms with van der Waals surface area (Å²) in [7, 11) is 0. The predicted molar refractivity (Wildman–Crippen MR) is 71.5 cm³/mol. The van der Waals surface area contributed by atoms with Gasteiger partial charge in [0.15, 0.2) is 0 Å². The van der Waals surface area contributed by atoms with Crippen molar-refractivity contribution in [2.45, 2.75) is 13.3 Å². The van der Waals surface area contributed by atoms with Crippen molar-refractivity contribution in [1.82, 2.24) is 0 Å². The lowest BCUT2D eigenvalue weighted by Gasteiger charge is -2.10. The van der Waals surface area contributed by atoms with Gasteiger partial charge in [0.25, 0.3) is 0 Å². The van der Waals surface area contributed by atoms with Crippen molar-refractivity contribution in [3.05, 3.63) is 47.5 Å². The fraction of sp³-hybridized carbons (Fsp3) is 0.200. The van der Waals surface area contributed by atoms with Crippen LogP contribution in [0.3, 0.4) is 0 Å². The van der Waals surface area contributed by atoms with Crippen LogP contribution in [0.1, 0.15) is 34.1 Å². The van der Waals surface area contributed by atoms with E-state index in [1.54, 1.807) is 18.2 Å². The molecule has 0 saturated heterocycles. The van der Waals surface area contributed by atoms with Crippen LogP contribution in [0, 0.1) is 0 Å². The molecule has 0 amide bonds. The maximum absolute atomic E-state index is 12.1. The van der Waals surface area contributed by atoms with Gasteiger partial charge in [-0.15, -0.1) is 0 Å². The van der Waals surface area contributed by atoms with Gasteiger partial charge in [-0.25, -0.2) is 9.59 Å². The quantitative estimate of drug-likeness (QED) is 0.856. The molecule has 19 heavy (non-hydrogen) atoms. The summed E-state index contributed by atoms with van der Waals surface area (Å²) < 4.78 is 5.07. The van der Waals surface area contributed by atoms with E-state index in [0.717, 1.165) is 5.39 Å². The molecule has 0 unspecified atom stereocenters. The summed E-state index contributed by atoms with van der Waals surface area (Å²) in [5.41, 5.74) is 0.0962. The third-order valence-corrected chi connectivity index (χ3v) is 2.80. The number of hydrogen-bond acceptors (Lipinski definition) is 3. The van der Waals surface area contributed by atoms with Gasteiger partial charge in [-0.1, -0.05) is 37.3 Å². The summed E-state index contributed by atoms with van der Waals surface area (Å²) in [5, 5.41) is 10.6. The first-order valence-corrected chi connectivity index (χ1v) is 6.07. The van der Waals surface area contributed by atoms with Crippen LogP contribution in [0.5, 0.6) is 0 Å². The van der Waals surface area contributed by atoms with E-state index < -0.39 is 11.9 Å². The molecule has 0 fully saturated rings. The fourth-order valence-electron chi connectivity index (χ4n) is 1.94. The van der Waals surface area contributed by atoms with Gasteiger partial charge in [0.2, 0.25) is 0 Å². The number of carboxylic acid groups (broad SMARTS) is 1. The molecule has 0 aliphatic carbocycles. The monoisotopic (exact) mass is 258 g/mol. The third kappa shape index (κ3) is 2.57. The SMILES string of the molecule is CCCOC(=O)c1c(C(=O)O)ccc2ccccc12. The average Bonchev–Trinajstić information content (AvgIpc) is 2.43. The molecule has 4 heteroatoms. The fourth-order valence-corrected chi connectivity index (χ4v) is 1.94. The van der Waals surface area contributed by atoms with Gasteiger partial charge in [-0.3, -0.25) is 0 Å². The molecule has 0 aliphatic rings. The molecule has 0 aromatic heterocycles. The molecular weight excluding hydrogens is 244 g/mol. The lowest BCUT2D eigenvalue weighted by molar-refractivity contribution is 0.0497. The molecule has 0 atom stereocenters. The molecule has 0 bridgehead atoms. The van der Waals surface area contributed by atoms with Crippen LogP contribution in [-0.4, -0.2) is 23.7 Å². The lowest BCUT2D eigenvalue weighted by atomic mass is 9.99. The van der Waals surface area contributed by atoms with Crippen LogP contribution in [0.15, 0.2) is 36.4 Å². The van der Waals surface area contributed by atoms with Crippen molar-refractivity contribution < 1.29 is 19.4 Å². The molecule has 2 rings (SSSR count). The van der Waals surface area contributed by atoms with Crippen LogP contribution in [0.4, 0.5) is 0 Å². The zero-order valence-corrected chi connectivity index (χ0v) is 10.6. The van der Waals surface area contributed by atoms with Crippen molar-refractivity contribution in [2.24, 2.45) is 0 Å². The number of hydrogen-bond donors (Lipinski definition) is 1. The summed E-state index contributed by atoms with van der Waals surface area (Å²) in [6.07, 6.45) is 0.693. The molecule has 0 saturated carbocycles. The second-order valence-corrected chi connectivity index (χ2v) is 4.15. The molecule has 0 heterocycles. The standard InChI is InChI=1S/C15H14O4/c1-2-9-19-15(18)13-11-6-4-3-5-10(11)7-8-12(13)14(16)17/h3-8H,2,9H2,1H3,(H,16,17). The van der Waals surface area contributed by atoms with Crippen LogP contribution >= 0.6 is 0 Å². The zero-order chi connectivity index (χ0) is 13.8. The molecule has 2 aromatic rings. The number of rotatable bonds is 4. The van der Waals surface area contributed by atoms with E-state index in [1.165, 1.54) is 6.07 Å². The lowest BCUT2D eigenvalue weighted by Crippen LogP contribution is -2.12. The Bertz CT molecular complexity index is 631. The van der Waals surface area contributed by atoms with E-state index >= 15 is 0 Å². The van der Waals surface area contributed by atoms with Crippen molar-refractivity contribution in [2.75, 3.05) is 6.61 Å². The van der Waals surface area contributed by atoms with Gasteiger partial charge >= 0.3 is 11.9 Å². The zero-order valence-electron chi connectivity index (χ0n) is 10.6. The summed E-state index contributed by atoms with van der Waals surface area (Å²) in [5.74, 6) is -1.72. The number of esters is 1. The molecule has 98 valence electrons. The van der Waals surface area contributed by atoms with Crippen molar-refractivity contribution in [1.29, 1.82) is 0 Å². The minimum absolute atomic E-state index is 0.0280. The second kappa shape index (κ2) is 5.52. The van der Waals surface area contributed by atoms with Crippen molar-refractivity contribution >= 4 is 22.7 Å². The normalized spacial score (nSPS) is 10.4. The van der Waals surface area contributed by atoms with Gasteiger partial charge in [0.1, 0.15) is 0 Å². The maximum atomic E-state index is 12.1. The Morgan fingerprint density at radius 2 is 1.89 bits per heavy atom. The maximum Gasteiger partial charge on any atom is 0.339 e. The van der Waals surface area contributed by atoms with Gasteiger partial charge in [0, 0.05) is 0 Å². The Kier molecular flexibility index (Phi) is 3.80. The van der Waals surface area contributed by atoms with E-state index in [0.29, 0.717) is 11.8 Å². The first-order valence-electron chi connectivity index (χ1n) is 6.07. The molecule has 0 aliphatic heterocycles. The minimum Gasteiger partial charge on any atom is -0.478 e. The van der Waals surface area contributed by atoms with Crippen LogP contribution in [0.25, 0.3) is 10.8 Å². The number of benzene rings is 2. The number of aromatic carboxylic acids is 1. The van der Waals surface area contributed by atoms with E-state index in [9.17, 15) is 14.7 Å². The third-order valence-electron chi connectivity index (χ3n) is 2.80. The van der Waals surface area contributed by atoms with Gasteiger partial charge in [-0.05, 0) is 23.3 Å². The van der Waals surface area contributed by atoms with Crippen molar-refractivity contribution in [3.63, 3.8) is 0 Å². The molecule has 1 N–H and O–H groups in total. The molecule has 4 nitrogen and oxygen atoms in total. The highest BCUT2D eigenvalue weighted by Gasteiger charge is 2.20. The Morgan fingerprint density at radius 1 is 1.16 bits per heavy atom. The van der Waals surface area contributed by atoms with Gasteiger partial charge < -0.3 is 9.84 Å². The summed E-state index contributed by atoms with van der Waals surface area (Å²) >= 11 is 0. The highest BCUT2D eigenvalue weighted by Crippen LogP contribution is 2.23. The Balaban J connectivity index is 2.62. The Morgan fingerprint density at radius 3 is 2.58 bits per heavy atom. The summed E-state index contributed by atoms with van der Waals surface area (Å²) in [6, 6.07) is 10.3. The smallest absolute Gasteiger partial charge is 0.339 e. The number of ether oxygens (including phenoxy) is 1. The Hall–Kier alpha value is -2.36. The predicted octanol–water partition coefficient (Wildman–Crippen LogP) is 3.10. The highest BCUT2D eigenvalue weighted by atomic mass is 16.5. The Labute approximate surface area is 110 Å². The van der Waals surface area contributed by atoms with Gasteiger partial charge in [-0.2, -0.15) is 0 Å². The number of carbonyl (C=O) groups excluding carboxylic acids is 1. The first-order chi connectivity index (χ1) is 9.15. The average molecular weight is 258 g/mol.